The number of benzene rings is 2. The van der Waals surface area contributed by atoms with Crippen molar-refractivity contribution in [1.82, 2.24) is 4.72 Å². The van der Waals surface area contributed by atoms with Crippen molar-refractivity contribution in [3.8, 4) is 0 Å². The van der Waals surface area contributed by atoms with Crippen LogP contribution in [-0.4, -0.2) is 33.5 Å². The Morgan fingerprint density at radius 2 is 1.68 bits per heavy atom. The number of halogens is 1. The number of amides is 1. The highest BCUT2D eigenvalue weighted by Gasteiger charge is 2.14. The summed E-state index contributed by atoms with van der Waals surface area (Å²) in [5.41, 5.74) is 1.78. The Hall–Kier alpha value is -1.90. The van der Waals surface area contributed by atoms with Crippen molar-refractivity contribution in [2.45, 2.75) is 38.1 Å². The smallest absolute Gasteiger partial charge is 0.240 e. The molecule has 2 N–H and O–H groups in total. The van der Waals surface area contributed by atoms with E-state index in [4.69, 9.17) is 0 Å². The molecule has 2 rings (SSSR count). The van der Waals surface area contributed by atoms with Crippen LogP contribution in [0.25, 0.3) is 0 Å². The second kappa shape index (κ2) is 10.0. The van der Waals surface area contributed by atoms with Crippen molar-refractivity contribution in [3.05, 3.63) is 53.0 Å². The van der Waals surface area contributed by atoms with Crippen molar-refractivity contribution >= 4 is 43.2 Å². The lowest BCUT2D eigenvalue weighted by atomic mass is 10.2. The summed E-state index contributed by atoms with van der Waals surface area (Å²) < 4.78 is 27.7. The molecule has 0 aliphatic carbocycles. The van der Waals surface area contributed by atoms with Crippen LogP contribution in [0, 0.1) is 0 Å². The maximum atomic E-state index is 12.2. The van der Waals surface area contributed by atoms with E-state index in [1.807, 2.05) is 24.3 Å². The predicted molar refractivity (Wildman–Crippen MR) is 117 cm³/mol. The number of nitrogens with zero attached hydrogens (tertiary/aromatic N) is 1. The van der Waals surface area contributed by atoms with Gasteiger partial charge >= 0.3 is 0 Å². The number of rotatable bonds is 9. The molecule has 0 bridgehead atoms. The molecule has 2 aromatic rings. The van der Waals surface area contributed by atoms with E-state index >= 15 is 0 Å². The van der Waals surface area contributed by atoms with Crippen LogP contribution in [0.1, 0.15) is 27.2 Å². The summed E-state index contributed by atoms with van der Waals surface area (Å²) in [5, 5.41) is 2.79. The third kappa shape index (κ3) is 6.32. The molecule has 0 saturated heterocycles. The molecule has 0 atom stereocenters. The van der Waals surface area contributed by atoms with E-state index < -0.39 is 10.0 Å². The number of nitrogens with one attached hydrogen (secondary N) is 2. The van der Waals surface area contributed by atoms with E-state index in [0.29, 0.717) is 11.7 Å². The lowest BCUT2D eigenvalue weighted by Crippen LogP contribution is -2.30. The van der Waals surface area contributed by atoms with Gasteiger partial charge < -0.3 is 10.2 Å². The highest BCUT2D eigenvalue weighted by molar-refractivity contribution is 9.10. The van der Waals surface area contributed by atoms with Crippen molar-refractivity contribution < 1.29 is 13.2 Å². The van der Waals surface area contributed by atoms with Crippen molar-refractivity contribution in [1.29, 1.82) is 0 Å². The van der Waals surface area contributed by atoms with Crippen LogP contribution >= 0.6 is 15.9 Å². The first-order chi connectivity index (χ1) is 13.2. The van der Waals surface area contributed by atoms with E-state index in [0.717, 1.165) is 16.7 Å². The number of carbonyl (C=O) groups excluding carboxylic acids is 1. The molecule has 1 amide bonds. The zero-order chi connectivity index (χ0) is 20.7. The highest BCUT2D eigenvalue weighted by Crippen LogP contribution is 2.20. The first-order valence-corrected chi connectivity index (χ1v) is 11.4. The second-order valence-corrected chi connectivity index (χ2v) is 9.26. The van der Waals surface area contributed by atoms with Gasteiger partial charge in [-0.2, -0.15) is 0 Å². The van der Waals surface area contributed by atoms with E-state index in [2.05, 4.69) is 51.6 Å². The molecule has 8 heteroatoms. The molecule has 0 aliphatic heterocycles. The molecule has 0 saturated carbocycles. The standard InChI is InChI=1S/C20H26BrN3O3S/c1-4-24(15(2)3)18-9-7-17(8-10-18)23-20(25)13-14-22-28(26,27)19-11-5-16(21)6-12-19/h5-12,15,22H,4,13-14H2,1-3H3,(H,23,25). The van der Waals surface area contributed by atoms with Gasteiger partial charge in [0.05, 0.1) is 4.90 Å². The fourth-order valence-electron chi connectivity index (χ4n) is 2.80. The zero-order valence-corrected chi connectivity index (χ0v) is 18.7. The molecule has 0 fully saturated rings. The van der Waals surface area contributed by atoms with Gasteiger partial charge in [-0.25, -0.2) is 13.1 Å². The molecule has 0 aromatic heterocycles. The summed E-state index contributed by atoms with van der Waals surface area (Å²) in [6, 6.07) is 14.4. The Morgan fingerprint density at radius 3 is 2.21 bits per heavy atom. The van der Waals surface area contributed by atoms with Crippen molar-refractivity contribution in [2.75, 3.05) is 23.3 Å². The van der Waals surface area contributed by atoms with Gasteiger partial charge in [-0.15, -0.1) is 0 Å². The Kier molecular flexibility index (Phi) is 8.03. The number of hydrogen-bond acceptors (Lipinski definition) is 4. The van der Waals surface area contributed by atoms with E-state index in [-0.39, 0.29) is 23.8 Å². The SMILES string of the molecule is CCN(c1ccc(NC(=O)CCNS(=O)(=O)c2ccc(Br)cc2)cc1)C(C)C. The number of hydrogen-bond donors (Lipinski definition) is 2. The Morgan fingerprint density at radius 1 is 1.07 bits per heavy atom. The van der Waals surface area contributed by atoms with E-state index in [1.54, 1.807) is 12.1 Å². The van der Waals surface area contributed by atoms with E-state index in [9.17, 15) is 13.2 Å². The van der Waals surface area contributed by atoms with Crippen molar-refractivity contribution in [2.24, 2.45) is 0 Å². The Bertz CT molecular complexity index is 882. The molecule has 2 aromatic carbocycles. The molecule has 152 valence electrons. The van der Waals surface area contributed by atoms with Gasteiger partial charge in [-0.05, 0) is 69.3 Å². The Balaban J connectivity index is 1.86. The molecular weight excluding hydrogens is 442 g/mol. The van der Waals surface area contributed by atoms with Gasteiger partial charge in [0.2, 0.25) is 15.9 Å². The fourth-order valence-corrected chi connectivity index (χ4v) is 4.10. The third-order valence-electron chi connectivity index (χ3n) is 4.21. The summed E-state index contributed by atoms with van der Waals surface area (Å²) in [6.45, 7) is 7.30. The largest absolute Gasteiger partial charge is 0.369 e. The normalized spacial score (nSPS) is 11.5. The lowest BCUT2D eigenvalue weighted by Gasteiger charge is -2.27. The summed E-state index contributed by atoms with van der Waals surface area (Å²) in [4.78, 5) is 14.5. The van der Waals surface area contributed by atoms with Crippen LogP contribution in [0.5, 0.6) is 0 Å². The summed E-state index contributed by atoms with van der Waals surface area (Å²) in [6.07, 6.45) is 0.0462. The lowest BCUT2D eigenvalue weighted by molar-refractivity contribution is -0.116. The molecule has 28 heavy (non-hydrogen) atoms. The van der Waals surface area contributed by atoms with E-state index in [1.165, 1.54) is 12.1 Å². The molecule has 0 aliphatic rings. The minimum Gasteiger partial charge on any atom is -0.369 e. The predicted octanol–water partition coefficient (Wildman–Crippen LogP) is 3.99. The maximum absolute atomic E-state index is 12.2. The number of anilines is 2. The van der Waals surface area contributed by atoms with Gasteiger partial charge in [0.1, 0.15) is 0 Å². The van der Waals surface area contributed by atoms with Gasteiger partial charge in [0, 0.05) is 41.4 Å². The van der Waals surface area contributed by atoms with Crippen LogP contribution < -0.4 is 14.9 Å². The number of sulfonamides is 1. The third-order valence-corrected chi connectivity index (χ3v) is 6.22. The molecule has 0 spiro atoms. The van der Waals surface area contributed by atoms with Crippen LogP contribution in [0.4, 0.5) is 11.4 Å². The first-order valence-electron chi connectivity index (χ1n) is 9.14. The minimum atomic E-state index is -3.63. The fraction of sp³-hybridized carbons (Fsp3) is 0.350. The van der Waals surface area contributed by atoms with Gasteiger partial charge in [0.15, 0.2) is 0 Å². The molecule has 0 unspecified atom stereocenters. The quantitative estimate of drug-likeness (QED) is 0.584. The molecule has 0 heterocycles. The summed E-state index contributed by atoms with van der Waals surface area (Å²) in [7, 11) is -3.63. The zero-order valence-electron chi connectivity index (χ0n) is 16.3. The highest BCUT2D eigenvalue weighted by atomic mass is 79.9. The van der Waals surface area contributed by atoms with Gasteiger partial charge in [0.25, 0.3) is 0 Å². The first kappa shape index (κ1) is 22.4. The van der Waals surface area contributed by atoms with Crippen molar-refractivity contribution in [3.63, 3.8) is 0 Å². The monoisotopic (exact) mass is 467 g/mol. The average molecular weight is 468 g/mol. The summed E-state index contributed by atoms with van der Waals surface area (Å²) >= 11 is 3.27. The van der Waals surface area contributed by atoms with Gasteiger partial charge in [-0.3, -0.25) is 4.79 Å². The number of carbonyl (C=O) groups is 1. The summed E-state index contributed by atoms with van der Waals surface area (Å²) in [5.74, 6) is -0.248. The molecule has 0 radical (unpaired) electrons. The van der Waals surface area contributed by atoms with Crippen LogP contribution in [0.3, 0.4) is 0 Å². The second-order valence-electron chi connectivity index (χ2n) is 6.58. The topological polar surface area (TPSA) is 78.5 Å². The molecular formula is C20H26BrN3O3S. The van der Waals surface area contributed by atoms with Crippen LogP contribution in [-0.2, 0) is 14.8 Å². The maximum Gasteiger partial charge on any atom is 0.240 e. The molecule has 6 nitrogen and oxygen atoms in total. The minimum absolute atomic E-state index is 0.0271. The van der Waals surface area contributed by atoms with Crippen LogP contribution in [0.2, 0.25) is 0 Å². The average Bonchev–Trinajstić information content (AvgIpc) is 2.63. The van der Waals surface area contributed by atoms with Crippen LogP contribution in [0.15, 0.2) is 57.9 Å². The van der Waals surface area contributed by atoms with Gasteiger partial charge in [-0.1, -0.05) is 15.9 Å². The Labute approximate surface area is 175 Å².